The highest BCUT2D eigenvalue weighted by atomic mass is 19.4. The van der Waals surface area contributed by atoms with Gasteiger partial charge in [-0.25, -0.2) is 0 Å². The largest absolute Gasteiger partial charge is 0.405 e. The second-order valence-corrected chi connectivity index (χ2v) is 4.07. The standard InChI is InChI=1S/C12H18F3N3/c1-3-6-18(9-12(13,14)15)11-4-5-17-10(7-11)8-16-2/h4-5,7,16H,3,6,8-9H2,1-2H3. The van der Waals surface area contributed by atoms with Gasteiger partial charge in [0.2, 0.25) is 0 Å². The van der Waals surface area contributed by atoms with E-state index in [2.05, 4.69) is 10.3 Å². The molecule has 0 aliphatic heterocycles. The highest BCUT2D eigenvalue weighted by molar-refractivity contribution is 5.46. The Morgan fingerprint density at radius 1 is 1.39 bits per heavy atom. The van der Waals surface area contributed by atoms with Crippen molar-refractivity contribution in [2.75, 3.05) is 25.0 Å². The molecule has 0 fully saturated rings. The van der Waals surface area contributed by atoms with E-state index in [1.54, 1.807) is 25.4 Å². The van der Waals surface area contributed by atoms with Crippen LogP contribution < -0.4 is 10.2 Å². The minimum absolute atomic E-state index is 0.377. The van der Waals surface area contributed by atoms with Gasteiger partial charge in [-0.2, -0.15) is 13.2 Å². The van der Waals surface area contributed by atoms with Crippen molar-refractivity contribution >= 4 is 5.69 Å². The van der Waals surface area contributed by atoms with Gasteiger partial charge in [0.05, 0.1) is 5.69 Å². The first-order valence-corrected chi connectivity index (χ1v) is 5.87. The second-order valence-electron chi connectivity index (χ2n) is 4.07. The van der Waals surface area contributed by atoms with Crippen LogP contribution in [0.5, 0.6) is 0 Å². The van der Waals surface area contributed by atoms with E-state index in [1.807, 2.05) is 6.92 Å². The van der Waals surface area contributed by atoms with Gasteiger partial charge in [-0.3, -0.25) is 4.98 Å². The number of halogens is 3. The molecule has 0 aromatic carbocycles. The number of nitrogens with one attached hydrogen (secondary N) is 1. The van der Waals surface area contributed by atoms with Crippen molar-refractivity contribution in [3.63, 3.8) is 0 Å². The minimum atomic E-state index is -4.19. The average Bonchev–Trinajstić information content (AvgIpc) is 2.28. The molecule has 0 amide bonds. The molecule has 18 heavy (non-hydrogen) atoms. The monoisotopic (exact) mass is 261 g/mol. The summed E-state index contributed by atoms with van der Waals surface area (Å²) >= 11 is 0. The molecule has 0 radical (unpaired) electrons. The van der Waals surface area contributed by atoms with Crippen LogP contribution in [-0.2, 0) is 6.54 Å². The maximum atomic E-state index is 12.5. The van der Waals surface area contributed by atoms with Gasteiger partial charge in [0.15, 0.2) is 0 Å². The third-order valence-electron chi connectivity index (χ3n) is 2.39. The molecule has 6 heteroatoms. The molecule has 0 spiro atoms. The summed E-state index contributed by atoms with van der Waals surface area (Å²) in [5, 5.41) is 2.93. The molecular formula is C12H18F3N3. The third-order valence-corrected chi connectivity index (χ3v) is 2.39. The SMILES string of the molecule is CCCN(CC(F)(F)F)c1ccnc(CNC)c1. The van der Waals surface area contributed by atoms with E-state index >= 15 is 0 Å². The van der Waals surface area contributed by atoms with E-state index in [1.165, 1.54) is 4.90 Å². The first-order valence-electron chi connectivity index (χ1n) is 5.87. The Hall–Kier alpha value is -1.30. The quantitative estimate of drug-likeness (QED) is 0.853. The number of hydrogen-bond donors (Lipinski definition) is 1. The summed E-state index contributed by atoms with van der Waals surface area (Å²) < 4.78 is 37.5. The summed E-state index contributed by atoms with van der Waals surface area (Å²) in [6.45, 7) is 1.85. The van der Waals surface area contributed by atoms with Gasteiger partial charge < -0.3 is 10.2 Å². The van der Waals surface area contributed by atoms with Gasteiger partial charge in [-0.15, -0.1) is 0 Å². The summed E-state index contributed by atoms with van der Waals surface area (Å²) in [4.78, 5) is 5.43. The van der Waals surface area contributed by atoms with Gasteiger partial charge >= 0.3 is 6.18 Å². The lowest BCUT2D eigenvalue weighted by Crippen LogP contribution is -2.35. The lowest BCUT2D eigenvalue weighted by molar-refractivity contribution is -0.119. The highest BCUT2D eigenvalue weighted by Crippen LogP contribution is 2.22. The van der Waals surface area contributed by atoms with Crippen molar-refractivity contribution in [3.05, 3.63) is 24.0 Å². The van der Waals surface area contributed by atoms with Crippen molar-refractivity contribution in [1.82, 2.24) is 10.3 Å². The van der Waals surface area contributed by atoms with E-state index < -0.39 is 12.7 Å². The van der Waals surface area contributed by atoms with Crippen LogP contribution in [-0.4, -0.2) is 31.3 Å². The molecule has 1 aromatic heterocycles. The molecule has 0 bridgehead atoms. The van der Waals surface area contributed by atoms with E-state index in [9.17, 15) is 13.2 Å². The van der Waals surface area contributed by atoms with E-state index in [0.717, 1.165) is 5.69 Å². The predicted octanol–water partition coefficient (Wildman–Crippen LogP) is 2.58. The molecule has 102 valence electrons. The van der Waals surface area contributed by atoms with Crippen LogP contribution in [0.15, 0.2) is 18.3 Å². The second kappa shape index (κ2) is 6.58. The maximum Gasteiger partial charge on any atom is 0.405 e. The maximum absolute atomic E-state index is 12.5. The normalized spacial score (nSPS) is 11.6. The van der Waals surface area contributed by atoms with E-state index in [4.69, 9.17) is 0 Å². The first kappa shape index (κ1) is 14.8. The third kappa shape index (κ3) is 4.91. The molecule has 1 N–H and O–H groups in total. The average molecular weight is 261 g/mol. The number of pyridine rings is 1. The molecule has 1 rings (SSSR count). The van der Waals surface area contributed by atoms with Gasteiger partial charge in [-0.05, 0) is 25.6 Å². The Kier molecular flexibility index (Phi) is 5.40. The Balaban J connectivity index is 2.87. The molecule has 0 unspecified atom stereocenters. The topological polar surface area (TPSA) is 28.2 Å². The van der Waals surface area contributed by atoms with Crippen LogP contribution in [0.4, 0.5) is 18.9 Å². The summed E-state index contributed by atoms with van der Waals surface area (Å²) in [5.41, 5.74) is 1.30. The highest BCUT2D eigenvalue weighted by Gasteiger charge is 2.30. The smallest absolute Gasteiger partial charge is 0.362 e. The molecular weight excluding hydrogens is 243 g/mol. The Morgan fingerprint density at radius 2 is 2.11 bits per heavy atom. The van der Waals surface area contributed by atoms with E-state index in [0.29, 0.717) is 25.2 Å². The van der Waals surface area contributed by atoms with Gasteiger partial charge in [0.25, 0.3) is 0 Å². The molecule has 0 aliphatic rings. The predicted molar refractivity (Wildman–Crippen MR) is 65.6 cm³/mol. The van der Waals surface area contributed by atoms with Gasteiger partial charge in [0, 0.05) is 25.0 Å². The molecule has 0 aliphatic carbocycles. The molecule has 0 saturated carbocycles. The molecule has 0 saturated heterocycles. The van der Waals surface area contributed by atoms with Crippen LogP contribution in [0, 0.1) is 0 Å². The van der Waals surface area contributed by atoms with Crippen LogP contribution in [0.1, 0.15) is 19.0 Å². The van der Waals surface area contributed by atoms with Crippen molar-refractivity contribution in [1.29, 1.82) is 0 Å². The van der Waals surface area contributed by atoms with Crippen LogP contribution in [0.25, 0.3) is 0 Å². The lowest BCUT2D eigenvalue weighted by Gasteiger charge is -2.25. The summed E-state index contributed by atoms with van der Waals surface area (Å²) in [7, 11) is 1.77. The van der Waals surface area contributed by atoms with Crippen molar-refractivity contribution in [3.8, 4) is 0 Å². The molecule has 3 nitrogen and oxygen atoms in total. The number of hydrogen-bond acceptors (Lipinski definition) is 3. The minimum Gasteiger partial charge on any atom is -0.362 e. The summed E-state index contributed by atoms with van der Waals surface area (Å²) in [6, 6.07) is 3.30. The summed E-state index contributed by atoms with van der Waals surface area (Å²) in [6.07, 6.45) is -1.98. The van der Waals surface area contributed by atoms with Crippen molar-refractivity contribution in [2.45, 2.75) is 26.1 Å². The number of rotatable bonds is 6. The zero-order chi connectivity index (χ0) is 13.6. The molecule has 0 atom stereocenters. The van der Waals surface area contributed by atoms with Crippen LogP contribution in [0.3, 0.4) is 0 Å². The number of nitrogens with zero attached hydrogens (tertiary/aromatic N) is 2. The first-order chi connectivity index (χ1) is 8.46. The zero-order valence-corrected chi connectivity index (χ0v) is 10.6. The molecule has 1 heterocycles. The molecule has 1 aromatic rings. The zero-order valence-electron chi connectivity index (χ0n) is 10.6. The lowest BCUT2D eigenvalue weighted by atomic mass is 10.2. The fourth-order valence-corrected chi connectivity index (χ4v) is 1.73. The van der Waals surface area contributed by atoms with Crippen LogP contribution >= 0.6 is 0 Å². The summed E-state index contributed by atoms with van der Waals surface area (Å²) in [5.74, 6) is 0. The van der Waals surface area contributed by atoms with Crippen molar-refractivity contribution in [2.24, 2.45) is 0 Å². The van der Waals surface area contributed by atoms with Gasteiger partial charge in [0.1, 0.15) is 6.54 Å². The fourth-order valence-electron chi connectivity index (χ4n) is 1.73. The van der Waals surface area contributed by atoms with Crippen molar-refractivity contribution < 1.29 is 13.2 Å². The Bertz CT molecular complexity index is 366. The van der Waals surface area contributed by atoms with Gasteiger partial charge in [-0.1, -0.05) is 6.92 Å². The number of aromatic nitrogens is 1. The fraction of sp³-hybridized carbons (Fsp3) is 0.583. The van der Waals surface area contributed by atoms with Crippen LogP contribution in [0.2, 0.25) is 0 Å². The Morgan fingerprint density at radius 3 is 2.67 bits per heavy atom. The number of alkyl halides is 3. The Labute approximate surface area is 105 Å². The van der Waals surface area contributed by atoms with E-state index in [-0.39, 0.29) is 0 Å². The number of anilines is 1.